The number of morpholine rings is 1. The summed E-state index contributed by atoms with van der Waals surface area (Å²) in [4.78, 5) is 24.8. The van der Waals surface area contributed by atoms with Crippen LogP contribution < -0.4 is 0 Å². The molecule has 1 aliphatic rings. The lowest BCUT2D eigenvalue weighted by molar-refractivity contribution is -0.149. The van der Waals surface area contributed by atoms with Crippen LogP contribution in [0.15, 0.2) is 0 Å². The number of esters is 2. The third-order valence-electron chi connectivity index (χ3n) is 2.86. The van der Waals surface area contributed by atoms with E-state index in [2.05, 4.69) is 4.90 Å². The van der Waals surface area contributed by atoms with Gasteiger partial charge in [-0.15, -0.1) is 0 Å². The van der Waals surface area contributed by atoms with Crippen molar-refractivity contribution in [1.82, 2.24) is 4.90 Å². The van der Waals surface area contributed by atoms with Crippen molar-refractivity contribution in [3.63, 3.8) is 0 Å². The molecule has 1 atom stereocenters. The van der Waals surface area contributed by atoms with Gasteiger partial charge in [0.15, 0.2) is 0 Å². The predicted octanol–water partition coefficient (Wildman–Crippen LogP) is 0.594. The summed E-state index contributed by atoms with van der Waals surface area (Å²) in [6.45, 7) is 7.02. The summed E-state index contributed by atoms with van der Waals surface area (Å²) in [6, 6.07) is 0. The molecule has 0 aromatic heterocycles. The average Bonchev–Trinajstić information content (AvgIpc) is 2.37. The lowest BCUT2D eigenvalue weighted by atomic mass is 10.2. The Morgan fingerprint density at radius 2 is 1.89 bits per heavy atom. The second-order valence-corrected chi connectivity index (χ2v) is 4.36. The number of carbonyl (C=O) groups is 2. The number of rotatable bonds is 7. The van der Waals surface area contributed by atoms with Crippen LogP contribution in [0.1, 0.15) is 26.7 Å². The summed E-state index contributed by atoms with van der Waals surface area (Å²) < 4.78 is 15.3. The Balaban J connectivity index is 2.25. The van der Waals surface area contributed by atoms with E-state index in [9.17, 15) is 9.59 Å². The standard InChI is InChI=1S/C13H23NO5/c1-3-17-12(15)5-6-14-7-8-19-11(10-14)9-13(16)18-4-2/h11H,3-10H2,1-2H3. The molecule has 0 aromatic rings. The van der Waals surface area contributed by atoms with E-state index in [1.807, 2.05) is 0 Å². The third-order valence-corrected chi connectivity index (χ3v) is 2.86. The topological polar surface area (TPSA) is 65.1 Å². The number of carbonyl (C=O) groups excluding carboxylic acids is 2. The molecular weight excluding hydrogens is 250 g/mol. The summed E-state index contributed by atoms with van der Waals surface area (Å²) >= 11 is 0. The van der Waals surface area contributed by atoms with Crippen molar-refractivity contribution >= 4 is 11.9 Å². The largest absolute Gasteiger partial charge is 0.466 e. The van der Waals surface area contributed by atoms with Crippen LogP contribution in [-0.2, 0) is 23.8 Å². The fourth-order valence-corrected chi connectivity index (χ4v) is 2.00. The fourth-order valence-electron chi connectivity index (χ4n) is 2.00. The van der Waals surface area contributed by atoms with Crippen molar-refractivity contribution in [2.75, 3.05) is 39.5 Å². The van der Waals surface area contributed by atoms with Crippen LogP contribution in [-0.4, -0.2) is 62.4 Å². The number of nitrogens with zero attached hydrogens (tertiary/aromatic N) is 1. The van der Waals surface area contributed by atoms with Crippen LogP contribution in [0.2, 0.25) is 0 Å². The van der Waals surface area contributed by atoms with Crippen molar-refractivity contribution in [1.29, 1.82) is 0 Å². The second kappa shape index (κ2) is 8.87. The molecule has 1 fully saturated rings. The van der Waals surface area contributed by atoms with E-state index in [1.54, 1.807) is 13.8 Å². The molecule has 0 saturated carbocycles. The first-order chi connectivity index (χ1) is 9.15. The predicted molar refractivity (Wildman–Crippen MR) is 68.7 cm³/mol. The van der Waals surface area contributed by atoms with Crippen LogP contribution in [0, 0.1) is 0 Å². The molecule has 0 bridgehead atoms. The zero-order valence-corrected chi connectivity index (χ0v) is 11.7. The van der Waals surface area contributed by atoms with Gasteiger partial charge in [-0.1, -0.05) is 0 Å². The first kappa shape index (κ1) is 15.9. The van der Waals surface area contributed by atoms with Crippen LogP contribution in [0.4, 0.5) is 0 Å². The Labute approximate surface area is 114 Å². The van der Waals surface area contributed by atoms with E-state index in [-0.39, 0.29) is 24.5 Å². The lowest BCUT2D eigenvalue weighted by Gasteiger charge is -2.32. The van der Waals surface area contributed by atoms with Crippen LogP contribution in [0.5, 0.6) is 0 Å². The highest BCUT2D eigenvalue weighted by molar-refractivity contribution is 5.70. The van der Waals surface area contributed by atoms with E-state index in [0.717, 1.165) is 6.54 Å². The fraction of sp³-hybridized carbons (Fsp3) is 0.846. The maximum absolute atomic E-state index is 11.4. The second-order valence-electron chi connectivity index (χ2n) is 4.36. The van der Waals surface area contributed by atoms with Crippen molar-refractivity contribution in [3.05, 3.63) is 0 Å². The zero-order chi connectivity index (χ0) is 14.1. The van der Waals surface area contributed by atoms with E-state index >= 15 is 0 Å². The first-order valence-corrected chi connectivity index (χ1v) is 6.80. The first-order valence-electron chi connectivity index (χ1n) is 6.80. The maximum atomic E-state index is 11.4. The molecule has 0 radical (unpaired) electrons. The molecule has 0 aromatic carbocycles. The third kappa shape index (κ3) is 6.54. The molecule has 6 nitrogen and oxygen atoms in total. The number of hydrogen-bond acceptors (Lipinski definition) is 6. The average molecular weight is 273 g/mol. The normalized spacial score (nSPS) is 20.0. The van der Waals surface area contributed by atoms with Crippen molar-refractivity contribution in [3.8, 4) is 0 Å². The van der Waals surface area contributed by atoms with E-state index in [0.29, 0.717) is 39.3 Å². The summed E-state index contributed by atoms with van der Waals surface area (Å²) in [5.74, 6) is -0.421. The Morgan fingerprint density at radius 3 is 2.58 bits per heavy atom. The van der Waals surface area contributed by atoms with E-state index in [4.69, 9.17) is 14.2 Å². The van der Waals surface area contributed by atoms with Gasteiger partial charge in [0, 0.05) is 19.6 Å². The number of ether oxygens (including phenoxy) is 3. The summed E-state index contributed by atoms with van der Waals surface area (Å²) in [6.07, 6.45) is 0.499. The van der Waals surface area contributed by atoms with Gasteiger partial charge in [-0.2, -0.15) is 0 Å². The number of hydrogen-bond donors (Lipinski definition) is 0. The molecule has 1 aliphatic heterocycles. The SMILES string of the molecule is CCOC(=O)CCN1CCOC(CC(=O)OCC)C1. The van der Waals surface area contributed by atoms with Gasteiger partial charge in [0.05, 0.1) is 38.8 Å². The van der Waals surface area contributed by atoms with E-state index < -0.39 is 0 Å². The summed E-state index contributed by atoms with van der Waals surface area (Å²) in [5.41, 5.74) is 0. The molecule has 6 heteroatoms. The minimum absolute atomic E-state index is 0.144. The van der Waals surface area contributed by atoms with Gasteiger partial charge in [0.2, 0.25) is 0 Å². The molecule has 0 aliphatic carbocycles. The highest BCUT2D eigenvalue weighted by Gasteiger charge is 2.23. The highest BCUT2D eigenvalue weighted by atomic mass is 16.5. The molecule has 0 N–H and O–H groups in total. The van der Waals surface area contributed by atoms with Crippen molar-refractivity contribution < 1.29 is 23.8 Å². The van der Waals surface area contributed by atoms with Crippen LogP contribution >= 0.6 is 0 Å². The highest BCUT2D eigenvalue weighted by Crippen LogP contribution is 2.10. The molecule has 19 heavy (non-hydrogen) atoms. The van der Waals surface area contributed by atoms with Gasteiger partial charge in [0.25, 0.3) is 0 Å². The minimum Gasteiger partial charge on any atom is -0.466 e. The molecule has 1 heterocycles. The Hall–Kier alpha value is -1.14. The van der Waals surface area contributed by atoms with Gasteiger partial charge in [-0.3, -0.25) is 14.5 Å². The van der Waals surface area contributed by atoms with Gasteiger partial charge < -0.3 is 14.2 Å². The van der Waals surface area contributed by atoms with Gasteiger partial charge >= 0.3 is 11.9 Å². The van der Waals surface area contributed by atoms with Gasteiger partial charge in [0.1, 0.15) is 0 Å². The molecule has 1 rings (SSSR count). The van der Waals surface area contributed by atoms with Crippen LogP contribution in [0.3, 0.4) is 0 Å². The summed E-state index contributed by atoms with van der Waals surface area (Å²) in [7, 11) is 0. The Kier molecular flexibility index (Phi) is 7.43. The molecule has 0 spiro atoms. The maximum Gasteiger partial charge on any atom is 0.308 e. The van der Waals surface area contributed by atoms with Gasteiger partial charge in [-0.05, 0) is 13.8 Å². The van der Waals surface area contributed by atoms with E-state index in [1.165, 1.54) is 0 Å². The molecule has 1 saturated heterocycles. The Morgan fingerprint density at radius 1 is 1.21 bits per heavy atom. The molecule has 1 unspecified atom stereocenters. The smallest absolute Gasteiger partial charge is 0.308 e. The zero-order valence-electron chi connectivity index (χ0n) is 11.7. The quantitative estimate of drug-likeness (QED) is 0.633. The molecule has 0 amide bonds. The summed E-state index contributed by atoms with van der Waals surface area (Å²) in [5, 5.41) is 0. The lowest BCUT2D eigenvalue weighted by Crippen LogP contribution is -2.44. The monoisotopic (exact) mass is 273 g/mol. The molecule has 110 valence electrons. The molecular formula is C13H23NO5. The minimum atomic E-state index is -0.236. The van der Waals surface area contributed by atoms with Crippen LogP contribution in [0.25, 0.3) is 0 Å². The van der Waals surface area contributed by atoms with Gasteiger partial charge in [-0.25, -0.2) is 0 Å². The van der Waals surface area contributed by atoms with Crippen molar-refractivity contribution in [2.24, 2.45) is 0 Å². The Bertz CT molecular complexity index is 295. The van der Waals surface area contributed by atoms with Crippen molar-refractivity contribution in [2.45, 2.75) is 32.8 Å².